The number of methoxy groups -OCH3 is 1. The SMILES string of the molecule is COc1cccc(NC(=O)CC23CCCN2CCC3)c1. The van der Waals surface area contributed by atoms with Gasteiger partial charge in [-0.1, -0.05) is 6.07 Å². The van der Waals surface area contributed by atoms with Crippen LogP contribution in [0.3, 0.4) is 0 Å². The molecular weight excluding hydrogens is 252 g/mol. The third kappa shape index (κ3) is 2.52. The Balaban J connectivity index is 1.65. The molecule has 1 N–H and O–H groups in total. The fourth-order valence-corrected chi connectivity index (χ4v) is 3.72. The van der Waals surface area contributed by atoms with Crippen molar-refractivity contribution in [1.29, 1.82) is 0 Å². The van der Waals surface area contributed by atoms with Crippen LogP contribution in [-0.2, 0) is 4.79 Å². The van der Waals surface area contributed by atoms with Crippen molar-refractivity contribution in [3.8, 4) is 5.75 Å². The van der Waals surface area contributed by atoms with Crippen molar-refractivity contribution < 1.29 is 9.53 Å². The number of anilines is 1. The van der Waals surface area contributed by atoms with Crippen LogP contribution >= 0.6 is 0 Å². The van der Waals surface area contributed by atoms with E-state index in [1.165, 1.54) is 25.7 Å². The predicted octanol–water partition coefficient (Wildman–Crippen LogP) is 2.65. The van der Waals surface area contributed by atoms with Crippen LogP contribution in [0.25, 0.3) is 0 Å². The zero-order valence-corrected chi connectivity index (χ0v) is 12.0. The largest absolute Gasteiger partial charge is 0.497 e. The van der Waals surface area contributed by atoms with Crippen molar-refractivity contribution in [2.75, 3.05) is 25.5 Å². The van der Waals surface area contributed by atoms with Gasteiger partial charge in [0.05, 0.1) is 7.11 Å². The molecule has 0 saturated carbocycles. The van der Waals surface area contributed by atoms with Gasteiger partial charge in [0, 0.05) is 23.7 Å². The van der Waals surface area contributed by atoms with Crippen LogP contribution in [0.2, 0.25) is 0 Å². The van der Waals surface area contributed by atoms with Crippen LogP contribution in [0, 0.1) is 0 Å². The van der Waals surface area contributed by atoms with E-state index in [0.29, 0.717) is 6.42 Å². The van der Waals surface area contributed by atoms with Gasteiger partial charge >= 0.3 is 0 Å². The average molecular weight is 274 g/mol. The third-order valence-electron chi connectivity index (χ3n) is 4.65. The zero-order valence-electron chi connectivity index (χ0n) is 12.0. The number of ether oxygens (including phenoxy) is 1. The maximum absolute atomic E-state index is 12.3. The van der Waals surface area contributed by atoms with Gasteiger partial charge < -0.3 is 10.1 Å². The molecule has 2 fully saturated rings. The van der Waals surface area contributed by atoms with Gasteiger partial charge in [-0.05, 0) is 50.9 Å². The average Bonchev–Trinajstić information content (AvgIpc) is 2.97. The molecule has 4 nitrogen and oxygen atoms in total. The minimum Gasteiger partial charge on any atom is -0.497 e. The summed E-state index contributed by atoms with van der Waals surface area (Å²) in [5.74, 6) is 0.886. The van der Waals surface area contributed by atoms with Crippen LogP contribution < -0.4 is 10.1 Å². The number of rotatable bonds is 4. The molecular formula is C16H22N2O2. The second-order valence-corrected chi connectivity index (χ2v) is 5.88. The Morgan fingerprint density at radius 3 is 2.80 bits per heavy atom. The van der Waals surface area contributed by atoms with Crippen LogP contribution in [-0.4, -0.2) is 36.5 Å². The van der Waals surface area contributed by atoms with Crippen LogP contribution in [0.1, 0.15) is 32.1 Å². The molecule has 0 aliphatic carbocycles. The van der Waals surface area contributed by atoms with Crippen LogP contribution in [0.4, 0.5) is 5.69 Å². The topological polar surface area (TPSA) is 41.6 Å². The highest BCUT2D eigenvalue weighted by atomic mass is 16.5. The number of nitrogens with one attached hydrogen (secondary N) is 1. The van der Waals surface area contributed by atoms with E-state index in [4.69, 9.17) is 4.74 Å². The molecule has 1 amide bonds. The fraction of sp³-hybridized carbons (Fsp3) is 0.562. The number of hydrogen-bond donors (Lipinski definition) is 1. The van der Waals surface area contributed by atoms with E-state index in [1.807, 2.05) is 24.3 Å². The van der Waals surface area contributed by atoms with Gasteiger partial charge in [0.25, 0.3) is 0 Å². The summed E-state index contributed by atoms with van der Waals surface area (Å²) in [5, 5.41) is 3.01. The van der Waals surface area contributed by atoms with Crippen LogP contribution in [0.15, 0.2) is 24.3 Å². The number of carbonyl (C=O) groups excluding carboxylic acids is 1. The monoisotopic (exact) mass is 274 g/mol. The van der Waals surface area contributed by atoms with E-state index in [-0.39, 0.29) is 11.4 Å². The number of nitrogens with zero attached hydrogens (tertiary/aromatic N) is 1. The van der Waals surface area contributed by atoms with Gasteiger partial charge in [-0.25, -0.2) is 0 Å². The van der Waals surface area contributed by atoms with Gasteiger partial charge in [-0.2, -0.15) is 0 Å². The van der Waals surface area contributed by atoms with Crippen molar-refractivity contribution in [2.45, 2.75) is 37.6 Å². The van der Waals surface area contributed by atoms with E-state index in [2.05, 4.69) is 10.2 Å². The fourth-order valence-electron chi connectivity index (χ4n) is 3.72. The molecule has 1 aromatic carbocycles. The zero-order chi connectivity index (χ0) is 14.0. The lowest BCUT2D eigenvalue weighted by molar-refractivity contribution is -0.118. The Bertz CT molecular complexity index is 491. The molecule has 0 aromatic heterocycles. The lowest BCUT2D eigenvalue weighted by atomic mass is 9.90. The van der Waals surface area contributed by atoms with Crippen molar-refractivity contribution in [2.24, 2.45) is 0 Å². The van der Waals surface area contributed by atoms with Crippen molar-refractivity contribution in [3.63, 3.8) is 0 Å². The molecule has 20 heavy (non-hydrogen) atoms. The smallest absolute Gasteiger partial charge is 0.226 e. The minimum atomic E-state index is 0.118. The van der Waals surface area contributed by atoms with Gasteiger partial charge in [0.15, 0.2) is 0 Å². The van der Waals surface area contributed by atoms with E-state index in [0.717, 1.165) is 24.5 Å². The highest BCUT2D eigenvalue weighted by Gasteiger charge is 2.45. The second-order valence-electron chi connectivity index (χ2n) is 5.88. The first-order chi connectivity index (χ1) is 9.72. The molecule has 0 radical (unpaired) electrons. The molecule has 0 spiro atoms. The molecule has 0 bridgehead atoms. The molecule has 1 aromatic rings. The van der Waals surface area contributed by atoms with Crippen LogP contribution in [0.5, 0.6) is 5.75 Å². The summed E-state index contributed by atoms with van der Waals surface area (Å²) in [4.78, 5) is 14.8. The molecule has 2 aliphatic rings. The maximum atomic E-state index is 12.3. The molecule has 2 saturated heterocycles. The Hall–Kier alpha value is -1.55. The number of carbonyl (C=O) groups is 1. The quantitative estimate of drug-likeness (QED) is 0.917. The van der Waals surface area contributed by atoms with E-state index < -0.39 is 0 Å². The third-order valence-corrected chi connectivity index (χ3v) is 4.65. The standard InChI is InChI=1S/C16H22N2O2/c1-20-14-6-2-5-13(11-14)17-15(19)12-16-7-3-9-18(16)10-4-8-16/h2,5-6,11H,3-4,7-10,12H2,1H3,(H,17,19). The van der Waals surface area contributed by atoms with Gasteiger partial charge in [-0.15, -0.1) is 0 Å². The first kappa shape index (κ1) is 13.4. The summed E-state index contributed by atoms with van der Waals surface area (Å²) in [6, 6.07) is 7.53. The second kappa shape index (κ2) is 5.44. The number of benzene rings is 1. The lowest BCUT2D eigenvalue weighted by Gasteiger charge is -2.31. The normalized spacial score (nSPS) is 20.6. The molecule has 2 aliphatic heterocycles. The van der Waals surface area contributed by atoms with Crippen molar-refractivity contribution in [1.82, 2.24) is 4.90 Å². The summed E-state index contributed by atoms with van der Waals surface area (Å²) < 4.78 is 5.18. The Morgan fingerprint density at radius 2 is 2.10 bits per heavy atom. The summed E-state index contributed by atoms with van der Waals surface area (Å²) in [6.45, 7) is 2.32. The first-order valence-corrected chi connectivity index (χ1v) is 7.41. The summed E-state index contributed by atoms with van der Waals surface area (Å²) in [6.07, 6.45) is 5.40. The number of amides is 1. The van der Waals surface area contributed by atoms with Gasteiger partial charge in [0.2, 0.25) is 5.91 Å². The lowest BCUT2D eigenvalue weighted by Crippen LogP contribution is -2.41. The van der Waals surface area contributed by atoms with E-state index in [1.54, 1.807) is 7.11 Å². The molecule has 2 heterocycles. The first-order valence-electron chi connectivity index (χ1n) is 7.41. The molecule has 108 valence electrons. The Morgan fingerprint density at radius 1 is 1.35 bits per heavy atom. The Labute approximate surface area is 120 Å². The van der Waals surface area contributed by atoms with Gasteiger partial charge in [0.1, 0.15) is 5.75 Å². The Kier molecular flexibility index (Phi) is 3.66. The molecule has 4 heteroatoms. The van der Waals surface area contributed by atoms with Crippen molar-refractivity contribution >= 4 is 11.6 Å². The highest BCUT2D eigenvalue weighted by molar-refractivity contribution is 5.91. The number of fused-ring (bicyclic) bond motifs is 1. The highest BCUT2D eigenvalue weighted by Crippen LogP contribution is 2.41. The minimum absolute atomic E-state index is 0.118. The van der Waals surface area contributed by atoms with Crippen molar-refractivity contribution in [3.05, 3.63) is 24.3 Å². The van der Waals surface area contributed by atoms with E-state index >= 15 is 0 Å². The summed E-state index contributed by atoms with van der Waals surface area (Å²) >= 11 is 0. The van der Waals surface area contributed by atoms with E-state index in [9.17, 15) is 4.79 Å². The molecule has 3 rings (SSSR count). The number of hydrogen-bond acceptors (Lipinski definition) is 3. The predicted molar refractivity (Wildman–Crippen MR) is 79.0 cm³/mol. The molecule has 0 atom stereocenters. The summed E-state index contributed by atoms with van der Waals surface area (Å²) in [7, 11) is 1.63. The summed E-state index contributed by atoms with van der Waals surface area (Å²) in [5.41, 5.74) is 0.955. The van der Waals surface area contributed by atoms with Gasteiger partial charge in [-0.3, -0.25) is 9.69 Å². The maximum Gasteiger partial charge on any atom is 0.226 e. The molecule has 0 unspecified atom stereocenters.